The second kappa shape index (κ2) is 7.14. The number of hydrogen-bond donors (Lipinski definition) is 2. The van der Waals surface area contributed by atoms with Crippen molar-refractivity contribution < 1.29 is 4.74 Å². The van der Waals surface area contributed by atoms with Crippen molar-refractivity contribution in [3.8, 4) is 6.01 Å². The highest BCUT2D eigenvalue weighted by atomic mass is 16.5. The van der Waals surface area contributed by atoms with Gasteiger partial charge in [0.2, 0.25) is 0 Å². The van der Waals surface area contributed by atoms with Crippen molar-refractivity contribution in [2.24, 2.45) is 5.11 Å². The molecule has 0 spiro atoms. The van der Waals surface area contributed by atoms with E-state index in [0.29, 0.717) is 5.70 Å². The SMILES string of the molecule is Cc1cccc(N/C=C(/COc2nccc(C)n2)N=N)c1. The lowest BCUT2D eigenvalue weighted by Crippen LogP contribution is -2.04. The quantitative estimate of drug-likeness (QED) is 0.795. The Morgan fingerprint density at radius 1 is 1.38 bits per heavy atom. The van der Waals surface area contributed by atoms with E-state index in [1.165, 1.54) is 0 Å². The highest BCUT2D eigenvalue weighted by Crippen LogP contribution is 2.11. The highest BCUT2D eigenvalue weighted by molar-refractivity contribution is 5.47. The van der Waals surface area contributed by atoms with Gasteiger partial charge in [-0.05, 0) is 37.6 Å². The molecular formula is C15H17N5O. The number of ether oxygens (including phenoxy) is 1. The molecule has 2 N–H and O–H groups in total. The summed E-state index contributed by atoms with van der Waals surface area (Å²) >= 11 is 0. The summed E-state index contributed by atoms with van der Waals surface area (Å²) in [5.41, 5.74) is 10.5. The molecule has 0 bridgehead atoms. The van der Waals surface area contributed by atoms with Crippen LogP contribution >= 0.6 is 0 Å². The zero-order chi connectivity index (χ0) is 15.1. The molecule has 0 saturated carbocycles. The van der Waals surface area contributed by atoms with Crippen molar-refractivity contribution in [2.75, 3.05) is 11.9 Å². The molecule has 0 aliphatic rings. The maximum absolute atomic E-state index is 7.17. The number of aryl methyl sites for hydroxylation is 2. The Bertz CT molecular complexity index is 654. The van der Waals surface area contributed by atoms with E-state index in [2.05, 4.69) is 20.4 Å². The third-order valence-electron chi connectivity index (χ3n) is 2.69. The van der Waals surface area contributed by atoms with Gasteiger partial charge in [-0.1, -0.05) is 12.1 Å². The molecule has 0 aliphatic heterocycles. The number of nitrogens with zero attached hydrogens (tertiary/aromatic N) is 3. The summed E-state index contributed by atoms with van der Waals surface area (Å²) in [6, 6.07) is 9.99. The van der Waals surface area contributed by atoms with E-state index < -0.39 is 0 Å². The van der Waals surface area contributed by atoms with E-state index in [9.17, 15) is 0 Å². The summed E-state index contributed by atoms with van der Waals surface area (Å²) in [7, 11) is 0. The van der Waals surface area contributed by atoms with Crippen molar-refractivity contribution in [3.05, 3.63) is 59.7 Å². The van der Waals surface area contributed by atoms with E-state index in [1.807, 2.05) is 38.1 Å². The molecule has 0 fully saturated rings. The zero-order valence-electron chi connectivity index (χ0n) is 12.0. The van der Waals surface area contributed by atoms with Crippen LogP contribution in [-0.4, -0.2) is 16.6 Å². The topological polar surface area (TPSA) is 83.2 Å². The van der Waals surface area contributed by atoms with Gasteiger partial charge in [-0.15, -0.1) is 0 Å². The summed E-state index contributed by atoms with van der Waals surface area (Å²) in [5.74, 6) is 0. The van der Waals surface area contributed by atoms with Gasteiger partial charge in [0, 0.05) is 23.8 Å². The van der Waals surface area contributed by atoms with Crippen molar-refractivity contribution in [3.63, 3.8) is 0 Å². The second-order valence-electron chi connectivity index (χ2n) is 4.53. The van der Waals surface area contributed by atoms with E-state index in [4.69, 9.17) is 10.3 Å². The number of benzene rings is 1. The molecule has 2 aromatic rings. The molecule has 0 atom stereocenters. The number of rotatable bonds is 6. The summed E-state index contributed by atoms with van der Waals surface area (Å²) in [5, 5.41) is 6.52. The first-order valence-electron chi connectivity index (χ1n) is 6.49. The van der Waals surface area contributed by atoms with E-state index >= 15 is 0 Å². The molecule has 108 valence electrons. The Morgan fingerprint density at radius 3 is 2.95 bits per heavy atom. The molecule has 0 amide bonds. The molecule has 0 aliphatic carbocycles. The Labute approximate surface area is 123 Å². The van der Waals surface area contributed by atoms with Crippen molar-refractivity contribution >= 4 is 5.69 Å². The molecule has 0 radical (unpaired) electrons. The van der Waals surface area contributed by atoms with Crippen molar-refractivity contribution in [1.29, 1.82) is 5.53 Å². The monoisotopic (exact) mass is 283 g/mol. The van der Waals surface area contributed by atoms with E-state index in [1.54, 1.807) is 18.5 Å². The fraction of sp³-hybridized carbons (Fsp3) is 0.200. The molecule has 1 aromatic heterocycles. The Hall–Kier alpha value is -2.76. The molecule has 21 heavy (non-hydrogen) atoms. The van der Waals surface area contributed by atoms with Gasteiger partial charge in [0.05, 0.1) is 0 Å². The standard InChI is InChI=1S/C15H17N5O/c1-11-4-3-5-13(8-11)18-9-14(20-16)10-21-15-17-7-6-12(2)19-15/h3-9,16,18H,10H2,1-2H3/b14-9-,20-16?. The number of anilines is 1. The highest BCUT2D eigenvalue weighted by Gasteiger charge is 2.01. The van der Waals surface area contributed by atoms with Crippen LogP contribution in [0, 0.1) is 19.4 Å². The minimum Gasteiger partial charge on any atom is -0.457 e. The molecular weight excluding hydrogens is 266 g/mol. The van der Waals surface area contributed by atoms with Crippen LogP contribution in [0.5, 0.6) is 6.01 Å². The normalized spacial score (nSPS) is 11.0. The minimum atomic E-state index is 0.131. The van der Waals surface area contributed by atoms with Gasteiger partial charge in [0.15, 0.2) is 0 Å². The maximum atomic E-state index is 7.17. The summed E-state index contributed by atoms with van der Waals surface area (Å²) in [6.45, 7) is 4.01. The maximum Gasteiger partial charge on any atom is 0.316 e. The smallest absolute Gasteiger partial charge is 0.316 e. The van der Waals surface area contributed by atoms with Gasteiger partial charge < -0.3 is 10.1 Å². The van der Waals surface area contributed by atoms with Gasteiger partial charge in [-0.3, -0.25) is 0 Å². The molecule has 2 rings (SSSR count). The number of hydrogen-bond acceptors (Lipinski definition) is 6. The fourth-order valence-corrected chi connectivity index (χ4v) is 1.64. The van der Waals surface area contributed by atoms with Gasteiger partial charge in [0.25, 0.3) is 0 Å². The van der Waals surface area contributed by atoms with Crippen molar-refractivity contribution in [2.45, 2.75) is 13.8 Å². The summed E-state index contributed by atoms with van der Waals surface area (Å²) < 4.78 is 5.41. The van der Waals surface area contributed by atoms with Crippen LogP contribution in [0.25, 0.3) is 0 Å². The van der Waals surface area contributed by atoms with Crippen LogP contribution in [0.1, 0.15) is 11.3 Å². The largest absolute Gasteiger partial charge is 0.457 e. The van der Waals surface area contributed by atoms with Gasteiger partial charge >= 0.3 is 6.01 Å². The van der Waals surface area contributed by atoms with Crippen LogP contribution in [-0.2, 0) is 0 Å². The number of aromatic nitrogens is 2. The molecule has 6 heteroatoms. The lowest BCUT2D eigenvalue weighted by Gasteiger charge is -2.06. The number of nitrogens with one attached hydrogen (secondary N) is 2. The first kappa shape index (κ1) is 14.6. The molecule has 1 heterocycles. The third-order valence-corrected chi connectivity index (χ3v) is 2.69. The zero-order valence-corrected chi connectivity index (χ0v) is 12.0. The van der Waals surface area contributed by atoms with Gasteiger partial charge in [-0.2, -0.15) is 5.11 Å². The summed E-state index contributed by atoms with van der Waals surface area (Å²) in [4.78, 5) is 8.12. The van der Waals surface area contributed by atoms with Crippen LogP contribution in [0.3, 0.4) is 0 Å². The first-order valence-corrected chi connectivity index (χ1v) is 6.49. The fourth-order valence-electron chi connectivity index (χ4n) is 1.64. The van der Waals surface area contributed by atoms with Crippen LogP contribution in [0.2, 0.25) is 0 Å². The predicted molar refractivity (Wildman–Crippen MR) is 80.3 cm³/mol. The Balaban J connectivity index is 1.96. The molecule has 0 saturated heterocycles. The molecule has 6 nitrogen and oxygen atoms in total. The van der Waals surface area contributed by atoms with Crippen molar-refractivity contribution in [1.82, 2.24) is 9.97 Å². The third kappa shape index (κ3) is 4.68. The van der Waals surface area contributed by atoms with E-state index in [0.717, 1.165) is 16.9 Å². The Morgan fingerprint density at radius 2 is 2.24 bits per heavy atom. The minimum absolute atomic E-state index is 0.131. The van der Waals surface area contributed by atoms with Crippen LogP contribution in [0.4, 0.5) is 5.69 Å². The van der Waals surface area contributed by atoms with Gasteiger partial charge in [0.1, 0.15) is 12.3 Å². The Kier molecular flexibility index (Phi) is 4.98. The molecule has 0 unspecified atom stereocenters. The predicted octanol–water partition coefficient (Wildman–Crippen LogP) is 3.46. The second-order valence-corrected chi connectivity index (χ2v) is 4.53. The van der Waals surface area contributed by atoms with Crippen LogP contribution in [0.15, 0.2) is 53.5 Å². The summed E-state index contributed by atoms with van der Waals surface area (Å²) in [6.07, 6.45) is 3.27. The lowest BCUT2D eigenvalue weighted by molar-refractivity contribution is 0.319. The van der Waals surface area contributed by atoms with E-state index in [-0.39, 0.29) is 12.6 Å². The van der Waals surface area contributed by atoms with Gasteiger partial charge in [-0.25, -0.2) is 15.5 Å². The average Bonchev–Trinajstić information content (AvgIpc) is 2.47. The molecule has 1 aromatic carbocycles. The lowest BCUT2D eigenvalue weighted by atomic mass is 10.2. The van der Waals surface area contributed by atoms with Crippen LogP contribution < -0.4 is 10.1 Å². The first-order chi connectivity index (χ1) is 10.2. The average molecular weight is 283 g/mol.